The van der Waals surface area contributed by atoms with Gasteiger partial charge >= 0.3 is 0 Å². The molecule has 0 radical (unpaired) electrons. The highest BCUT2D eigenvalue weighted by Crippen LogP contribution is 2.35. The maximum absolute atomic E-state index is 12.4. The van der Waals surface area contributed by atoms with Crippen molar-refractivity contribution in [1.29, 1.82) is 0 Å². The number of carbonyl (C=O) groups excluding carboxylic acids is 2. The lowest BCUT2D eigenvalue weighted by Gasteiger charge is -2.31. The predicted octanol–water partition coefficient (Wildman–Crippen LogP) is 3.67. The van der Waals surface area contributed by atoms with E-state index in [1.807, 2.05) is 26.0 Å². The molecule has 24 heavy (non-hydrogen) atoms. The van der Waals surface area contributed by atoms with Gasteiger partial charge in [0.15, 0.2) is 5.60 Å². The molecular formula is C19H20N2O3. The Kier molecular flexibility index (Phi) is 3.79. The molecule has 0 atom stereocenters. The molecule has 0 saturated carbocycles. The van der Waals surface area contributed by atoms with Crippen LogP contribution in [-0.4, -0.2) is 17.4 Å². The average molecular weight is 324 g/mol. The van der Waals surface area contributed by atoms with Gasteiger partial charge in [-0.1, -0.05) is 6.07 Å². The molecule has 2 amide bonds. The minimum Gasteiger partial charge on any atom is -0.476 e. The van der Waals surface area contributed by atoms with Crippen LogP contribution >= 0.6 is 0 Å². The summed E-state index contributed by atoms with van der Waals surface area (Å²) in [7, 11) is 0. The summed E-state index contributed by atoms with van der Waals surface area (Å²) in [6, 6.07) is 10.8. The van der Waals surface area contributed by atoms with Crippen LogP contribution in [-0.2, 0) is 4.79 Å². The molecule has 1 aliphatic rings. The molecule has 5 nitrogen and oxygen atoms in total. The summed E-state index contributed by atoms with van der Waals surface area (Å²) in [6.45, 7) is 7.39. The average Bonchev–Trinajstić information content (AvgIpc) is 2.51. The van der Waals surface area contributed by atoms with E-state index in [-0.39, 0.29) is 11.8 Å². The first-order chi connectivity index (χ1) is 11.3. The molecule has 0 saturated heterocycles. The van der Waals surface area contributed by atoms with E-state index in [2.05, 4.69) is 10.6 Å². The number of ether oxygens (including phenoxy) is 1. The van der Waals surface area contributed by atoms with E-state index in [0.717, 1.165) is 11.1 Å². The fraction of sp³-hybridized carbons (Fsp3) is 0.263. The van der Waals surface area contributed by atoms with Crippen LogP contribution in [0.4, 0.5) is 11.4 Å². The molecule has 3 rings (SSSR count). The topological polar surface area (TPSA) is 67.4 Å². The SMILES string of the molecule is Cc1ccc(C(=O)Nc2ccc3c(c2)NC(=O)C(C)(C)O3)cc1C. The van der Waals surface area contributed by atoms with Gasteiger partial charge in [-0.05, 0) is 69.2 Å². The van der Waals surface area contributed by atoms with E-state index in [4.69, 9.17) is 4.74 Å². The summed E-state index contributed by atoms with van der Waals surface area (Å²) in [5.74, 6) is 0.179. The van der Waals surface area contributed by atoms with Crippen molar-refractivity contribution in [3.05, 3.63) is 53.1 Å². The monoisotopic (exact) mass is 324 g/mol. The van der Waals surface area contributed by atoms with Crippen molar-refractivity contribution >= 4 is 23.2 Å². The van der Waals surface area contributed by atoms with Crippen LogP contribution in [0.25, 0.3) is 0 Å². The maximum atomic E-state index is 12.4. The van der Waals surface area contributed by atoms with Gasteiger partial charge in [-0.15, -0.1) is 0 Å². The van der Waals surface area contributed by atoms with Crippen LogP contribution in [0, 0.1) is 13.8 Å². The molecule has 0 aromatic heterocycles. The van der Waals surface area contributed by atoms with Crippen LogP contribution in [0.15, 0.2) is 36.4 Å². The van der Waals surface area contributed by atoms with Crippen molar-refractivity contribution in [3.63, 3.8) is 0 Å². The fourth-order valence-corrected chi connectivity index (χ4v) is 2.47. The quantitative estimate of drug-likeness (QED) is 0.886. The second-order valence-corrected chi connectivity index (χ2v) is 6.53. The highest BCUT2D eigenvalue weighted by molar-refractivity contribution is 6.05. The molecule has 1 aliphatic heterocycles. The number of anilines is 2. The molecule has 0 unspecified atom stereocenters. The van der Waals surface area contributed by atoms with Crippen molar-refractivity contribution in [2.75, 3.05) is 10.6 Å². The largest absolute Gasteiger partial charge is 0.476 e. The zero-order valence-electron chi connectivity index (χ0n) is 14.2. The zero-order chi connectivity index (χ0) is 17.5. The Labute approximate surface area is 141 Å². The zero-order valence-corrected chi connectivity index (χ0v) is 14.2. The lowest BCUT2D eigenvalue weighted by Crippen LogP contribution is -2.45. The molecule has 2 aromatic carbocycles. The Hall–Kier alpha value is -2.82. The smallest absolute Gasteiger partial charge is 0.268 e. The molecule has 1 heterocycles. The van der Waals surface area contributed by atoms with Gasteiger partial charge in [0.25, 0.3) is 11.8 Å². The summed E-state index contributed by atoms with van der Waals surface area (Å²) in [5.41, 5.74) is 3.05. The number of carbonyl (C=O) groups is 2. The number of nitrogens with one attached hydrogen (secondary N) is 2. The minimum atomic E-state index is -0.906. The molecule has 0 aliphatic carbocycles. The van der Waals surface area contributed by atoms with E-state index < -0.39 is 5.60 Å². The lowest BCUT2D eigenvalue weighted by molar-refractivity contribution is -0.129. The summed E-state index contributed by atoms with van der Waals surface area (Å²) < 4.78 is 5.68. The Morgan fingerprint density at radius 1 is 1.08 bits per heavy atom. The maximum Gasteiger partial charge on any atom is 0.268 e. The number of amides is 2. The Balaban J connectivity index is 1.82. The van der Waals surface area contributed by atoms with Crippen LogP contribution in [0.2, 0.25) is 0 Å². The fourth-order valence-electron chi connectivity index (χ4n) is 2.47. The molecule has 0 bridgehead atoms. The Bertz CT molecular complexity index is 841. The van der Waals surface area contributed by atoms with Crippen LogP contribution in [0.1, 0.15) is 35.3 Å². The van der Waals surface area contributed by atoms with E-state index in [0.29, 0.717) is 22.7 Å². The molecule has 0 spiro atoms. The molecule has 0 fully saturated rings. The van der Waals surface area contributed by atoms with Gasteiger partial charge in [0.2, 0.25) is 0 Å². The van der Waals surface area contributed by atoms with Gasteiger partial charge in [-0.25, -0.2) is 0 Å². The third-order valence-corrected chi connectivity index (χ3v) is 4.17. The van der Waals surface area contributed by atoms with Crippen molar-refractivity contribution < 1.29 is 14.3 Å². The normalized spacial score (nSPS) is 15.1. The molecular weight excluding hydrogens is 304 g/mol. The molecule has 2 N–H and O–H groups in total. The first kappa shape index (κ1) is 16.1. The number of benzene rings is 2. The van der Waals surface area contributed by atoms with Gasteiger partial charge in [-0.2, -0.15) is 0 Å². The van der Waals surface area contributed by atoms with Crippen molar-refractivity contribution in [3.8, 4) is 5.75 Å². The molecule has 5 heteroatoms. The number of fused-ring (bicyclic) bond motifs is 1. The van der Waals surface area contributed by atoms with Crippen molar-refractivity contribution in [1.82, 2.24) is 0 Å². The third kappa shape index (κ3) is 2.97. The molecule has 124 valence electrons. The van der Waals surface area contributed by atoms with Gasteiger partial charge < -0.3 is 15.4 Å². The Morgan fingerprint density at radius 3 is 2.54 bits per heavy atom. The van der Waals surface area contributed by atoms with Gasteiger partial charge in [0, 0.05) is 11.3 Å². The van der Waals surface area contributed by atoms with E-state index in [9.17, 15) is 9.59 Å². The number of hydrogen-bond donors (Lipinski definition) is 2. The number of hydrogen-bond acceptors (Lipinski definition) is 3. The van der Waals surface area contributed by atoms with Crippen LogP contribution < -0.4 is 15.4 Å². The van der Waals surface area contributed by atoms with Crippen LogP contribution in [0.5, 0.6) is 5.75 Å². The first-order valence-corrected chi connectivity index (χ1v) is 7.79. The van der Waals surface area contributed by atoms with Crippen molar-refractivity contribution in [2.24, 2.45) is 0 Å². The van der Waals surface area contributed by atoms with E-state index >= 15 is 0 Å². The third-order valence-electron chi connectivity index (χ3n) is 4.17. The highest BCUT2D eigenvalue weighted by Gasteiger charge is 2.35. The minimum absolute atomic E-state index is 0.193. The summed E-state index contributed by atoms with van der Waals surface area (Å²) in [4.78, 5) is 24.4. The predicted molar refractivity (Wildman–Crippen MR) is 93.6 cm³/mol. The Morgan fingerprint density at radius 2 is 1.83 bits per heavy atom. The standard InChI is InChI=1S/C19H20N2O3/c1-11-5-6-13(9-12(11)2)17(22)20-14-7-8-16-15(10-14)21-18(23)19(3,4)24-16/h5-10H,1-4H3,(H,20,22)(H,21,23). The van der Waals surface area contributed by atoms with Gasteiger partial charge in [-0.3, -0.25) is 9.59 Å². The van der Waals surface area contributed by atoms with Gasteiger partial charge in [0.1, 0.15) is 5.75 Å². The second-order valence-electron chi connectivity index (χ2n) is 6.53. The second kappa shape index (κ2) is 5.67. The van der Waals surface area contributed by atoms with Crippen molar-refractivity contribution in [2.45, 2.75) is 33.3 Å². The highest BCUT2D eigenvalue weighted by atomic mass is 16.5. The van der Waals surface area contributed by atoms with E-state index in [1.165, 1.54) is 0 Å². The number of aryl methyl sites for hydroxylation is 2. The van der Waals surface area contributed by atoms with Crippen LogP contribution in [0.3, 0.4) is 0 Å². The first-order valence-electron chi connectivity index (χ1n) is 7.79. The van der Waals surface area contributed by atoms with E-state index in [1.54, 1.807) is 38.1 Å². The number of rotatable bonds is 2. The lowest BCUT2D eigenvalue weighted by atomic mass is 10.1. The molecule has 2 aromatic rings. The summed E-state index contributed by atoms with van der Waals surface area (Å²) >= 11 is 0. The summed E-state index contributed by atoms with van der Waals surface area (Å²) in [6.07, 6.45) is 0. The summed E-state index contributed by atoms with van der Waals surface area (Å²) in [5, 5.41) is 5.65. The van der Waals surface area contributed by atoms with Gasteiger partial charge in [0.05, 0.1) is 5.69 Å².